The van der Waals surface area contributed by atoms with Crippen LogP contribution in [0.1, 0.15) is 168 Å². The third-order valence-corrected chi connectivity index (χ3v) is 11.4. The minimum Gasteiger partial charge on any atom is -0.394 e. The van der Waals surface area contributed by atoms with Crippen LogP contribution in [-0.4, -0.2) is 87.5 Å². The third-order valence-electron chi connectivity index (χ3n) is 11.4. The molecule has 0 spiro atoms. The van der Waals surface area contributed by atoms with E-state index < -0.39 is 49.5 Å². The Balaban J connectivity index is 2.18. The highest BCUT2D eigenvalue weighted by Gasteiger charge is 2.44. The Morgan fingerprint density at radius 1 is 0.507 bits per heavy atom. The van der Waals surface area contributed by atoms with Crippen LogP contribution in [0.5, 0.6) is 0 Å². The summed E-state index contributed by atoms with van der Waals surface area (Å²) in [5.74, 6) is -0.212. The molecule has 1 amide bonds. The lowest BCUT2D eigenvalue weighted by Gasteiger charge is -2.40. The minimum atomic E-state index is -1.58. The summed E-state index contributed by atoms with van der Waals surface area (Å²) in [6, 6.07) is -0.838. The highest BCUT2D eigenvalue weighted by Crippen LogP contribution is 2.22. The summed E-state index contributed by atoms with van der Waals surface area (Å²) < 4.78 is 11.2. The molecule has 0 aromatic carbocycles. The van der Waals surface area contributed by atoms with Gasteiger partial charge in [-0.3, -0.25) is 4.79 Å². The first-order valence-electron chi connectivity index (χ1n) is 26.6. The molecule has 6 N–H and O–H groups in total. The molecule has 1 saturated heterocycles. The Kier molecular flexibility index (Phi) is 43.6. The van der Waals surface area contributed by atoms with E-state index in [-0.39, 0.29) is 12.5 Å². The number of unbranched alkanes of at least 4 members (excludes halogenated alkanes) is 10. The van der Waals surface area contributed by atoms with E-state index in [1.54, 1.807) is 6.08 Å². The van der Waals surface area contributed by atoms with E-state index >= 15 is 0 Å². The molecule has 7 atom stereocenters. The number of rotatable bonds is 42. The second-order valence-electron chi connectivity index (χ2n) is 17.6. The monoisotopic (exact) mass is 958 g/mol. The smallest absolute Gasteiger partial charge is 0.220 e. The van der Waals surface area contributed by atoms with Gasteiger partial charge in [0.15, 0.2) is 6.29 Å². The van der Waals surface area contributed by atoms with Crippen molar-refractivity contribution in [2.45, 2.75) is 211 Å². The van der Waals surface area contributed by atoms with Gasteiger partial charge in [-0.05, 0) is 109 Å². The molecule has 0 saturated carbocycles. The summed E-state index contributed by atoms with van der Waals surface area (Å²) >= 11 is 0. The van der Waals surface area contributed by atoms with Gasteiger partial charge in [-0.25, -0.2) is 0 Å². The van der Waals surface area contributed by atoms with E-state index in [0.29, 0.717) is 6.42 Å². The van der Waals surface area contributed by atoms with Crippen LogP contribution in [0.3, 0.4) is 0 Å². The Labute approximate surface area is 419 Å². The maximum absolute atomic E-state index is 13.0. The lowest BCUT2D eigenvalue weighted by molar-refractivity contribution is -0.302. The first-order valence-corrected chi connectivity index (χ1v) is 26.6. The quantitative estimate of drug-likeness (QED) is 0.0262. The summed E-state index contributed by atoms with van der Waals surface area (Å²) in [6.45, 7) is 3.55. The molecule has 388 valence electrons. The number of allylic oxidation sites excluding steroid dienone is 23. The van der Waals surface area contributed by atoms with E-state index in [2.05, 4.69) is 153 Å². The Morgan fingerprint density at radius 2 is 0.913 bits per heavy atom. The Bertz CT molecular complexity index is 1580. The van der Waals surface area contributed by atoms with Gasteiger partial charge in [0.1, 0.15) is 24.4 Å². The zero-order chi connectivity index (χ0) is 50.1. The molecule has 1 aliphatic rings. The number of carbonyl (C=O) groups excluding carboxylic acids is 1. The third kappa shape index (κ3) is 37.6. The normalized spacial score (nSPS) is 20.7. The molecule has 9 nitrogen and oxygen atoms in total. The largest absolute Gasteiger partial charge is 0.394 e. The fourth-order valence-electron chi connectivity index (χ4n) is 7.20. The summed E-state index contributed by atoms with van der Waals surface area (Å²) in [4.78, 5) is 13.0. The average Bonchev–Trinajstić information content (AvgIpc) is 3.35. The molecule has 69 heavy (non-hydrogen) atoms. The van der Waals surface area contributed by atoms with Crippen LogP contribution >= 0.6 is 0 Å². The number of nitrogens with one attached hydrogen (secondary N) is 1. The molecular formula is C60H95NO8. The average molecular weight is 958 g/mol. The molecule has 1 aliphatic heterocycles. The second-order valence-corrected chi connectivity index (χ2v) is 17.6. The fraction of sp³-hybridized carbons (Fsp3) is 0.583. The lowest BCUT2D eigenvalue weighted by Crippen LogP contribution is -2.60. The zero-order valence-electron chi connectivity index (χ0n) is 42.7. The molecule has 0 bridgehead atoms. The molecule has 1 rings (SSSR count). The standard InChI is InChI=1S/C60H95NO8/c1-3-5-7-9-11-13-14-15-16-17-18-19-20-21-22-23-24-25-26-27-28-29-30-31-32-33-34-35-36-37-38-39-40-42-44-46-48-50-56(64)61-53(54(63)49-47-45-43-41-12-10-8-6-4-2)52-68-60-59(67)58(66)57(65)55(51-62)69-60/h5,7,11-13,15-16,18-19,21-22,24-25,27-28,30-31,33-34,36-37,41,47,49,53-55,57-60,62-63,65-67H,3-4,6,8-10,14,17,20,23,26,29,32,35,38-40,42-46,48,50-52H2,1-2H3,(H,61,64)/b7-5-,13-11-,16-15-,19-18-,22-21-,25-24-,28-27-,31-30-,34-33-,37-36-,41-12+,49-47+. The van der Waals surface area contributed by atoms with Gasteiger partial charge in [-0.1, -0.05) is 198 Å². The molecule has 7 unspecified atom stereocenters. The van der Waals surface area contributed by atoms with Crippen molar-refractivity contribution in [3.05, 3.63) is 146 Å². The highest BCUT2D eigenvalue weighted by atomic mass is 16.7. The summed E-state index contributed by atoms with van der Waals surface area (Å²) in [7, 11) is 0. The van der Waals surface area contributed by atoms with Crippen molar-refractivity contribution in [1.29, 1.82) is 0 Å². The van der Waals surface area contributed by atoms with Crippen LogP contribution in [0.4, 0.5) is 0 Å². The lowest BCUT2D eigenvalue weighted by atomic mass is 9.99. The summed E-state index contributed by atoms with van der Waals surface area (Å²) in [5.41, 5.74) is 0. The molecular weight excluding hydrogens is 863 g/mol. The molecule has 0 aliphatic carbocycles. The molecule has 9 heteroatoms. The highest BCUT2D eigenvalue weighted by molar-refractivity contribution is 5.76. The fourth-order valence-corrected chi connectivity index (χ4v) is 7.20. The van der Waals surface area contributed by atoms with Gasteiger partial charge in [0.05, 0.1) is 25.4 Å². The van der Waals surface area contributed by atoms with E-state index in [0.717, 1.165) is 128 Å². The van der Waals surface area contributed by atoms with Gasteiger partial charge in [-0.15, -0.1) is 0 Å². The maximum atomic E-state index is 13.0. The van der Waals surface area contributed by atoms with Crippen molar-refractivity contribution in [3.8, 4) is 0 Å². The summed E-state index contributed by atoms with van der Waals surface area (Å²) in [6.07, 6.45) is 67.8. The topological polar surface area (TPSA) is 149 Å². The Hall–Kier alpha value is -3.93. The van der Waals surface area contributed by atoms with Gasteiger partial charge in [0.2, 0.25) is 5.91 Å². The van der Waals surface area contributed by atoms with Crippen molar-refractivity contribution in [1.82, 2.24) is 5.32 Å². The number of ether oxygens (including phenoxy) is 2. The van der Waals surface area contributed by atoms with E-state index in [4.69, 9.17) is 9.47 Å². The minimum absolute atomic E-state index is 0.212. The number of aliphatic hydroxyl groups excluding tert-OH is 5. The van der Waals surface area contributed by atoms with Crippen molar-refractivity contribution in [2.24, 2.45) is 0 Å². The van der Waals surface area contributed by atoms with Crippen LogP contribution in [0, 0.1) is 0 Å². The molecule has 0 aromatic heterocycles. The van der Waals surface area contributed by atoms with Gasteiger partial charge in [0.25, 0.3) is 0 Å². The second kappa shape index (κ2) is 47.7. The summed E-state index contributed by atoms with van der Waals surface area (Å²) in [5, 5.41) is 54.1. The number of hydrogen-bond donors (Lipinski definition) is 6. The van der Waals surface area contributed by atoms with Crippen molar-refractivity contribution >= 4 is 5.91 Å². The van der Waals surface area contributed by atoms with Gasteiger partial charge in [-0.2, -0.15) is 0 Å². The van der Waals surface area contributed by atoms with Crippen LogP contribution in [0.25, 0.3) is 0 Å². The van der Waals surface area contributed by atoms with E-state index in [9.17, 15) is 30.3 Å². The SMILES string of the molecule is CC/C=C\C/C=C\C/C=C\C/C=C\C/C=C\C/C=C\C/C=C\C/C=C\C/C=C\C/C=C\CCCCCCCCC(=O)NC(COC1OC(CO)C(O)C(O)C1O)C(O)/C=C/CC/C=C/CCCCC. The zero-order valence-corrected chi connectivity index (χ0v) is 42.7. The van der Waals surface area contributed by atoms with Crippen LogP contribution in [0.15, 0.2) is 146 Å². The predicted octanol–water partition coefficient (Wildman–Crippen LogP) is 12.7. The molecule has 0 aromatic rings. The molecule has 1 heterocycles. The van der Waals surface area contributed by atoms with Gasteiger partial charge in [0, 0.05) is 6.42 Å². The van der Waals surface area contributed by atoms with Crippen molar-refractivity contribution < 1.29 is 39.8 Å². The Morgan fingerprint density at radius 3 is 1.39 bits per heavy atom. The number of aliphatic hydroxyl groups is 5. The van der Waals surface area contributed by atoms with Crippen LogP contribution in [-0.2, 0) is 14.3 Å². The number of hydrogen-bond acceptors (Lipinski definition) is 8. The van der Waals surface area contributed by atoms with Crippen molar-refractivity contribution in [3.63, 3.8) is 0 Å². The maximum Gasteiger partial charge on any atom is 0.220 e. The van der Waals surface area contributed by atoms with E-state index in [1.807, 2.05) is 6.08 Å². The molecule has 1 fully saturated rings. The van der Waals surface area contributed by atoms with E-state index in [1.165, 1.54) is 19.3 Å². The first-order chi connectivity index (χ1) is 33.8. The van der Waals surface area contributed by atoms with Crippen LogP contribution in [0.2, 0.25) is 0 Å². The molecule has 0 radical (unpaired) electrons. The van der Waals surface area contributed by atoms with Crippen molar-refractivity contribution in [2.75, 3.05) is 13.2 Å². The van der Waals surface area contributed by atoms with Gasteiger partial charge >= 0.3 is 0 Å². The predicted molar refractivity (Wildman–Crippen MR) is 289 cm³/mol. The number of amides is 1. The van der Waals surface area contributed by atoms with Crippen LogP contribution < -0.4 is 5.32 Å². The number of carbonyl (C=O) groups is 1. The first kappa shape index (κ1) is 63.1. The van der Waals surface area contributed by atoms with Gasteiger partial charge < -0.3 is 40.3 Å².